The fourth-order valence-corrected chi connectivity index (χ4v) is 4.29. The van der Waals surface area contributed by atoms with Gasteiger partial charge in [-0.05, 0) is 0 Å². The van der Waals surface area contributed by atoms with Gasteiger partial charge in [-0.3, -0.25) is 15.0 Å². The second-order valence-corrected chi connectivity index (χ2v) is 7.59. The van der Waals surface area contributed by atoms with Crippen LogP contribution < -0.4 is 15.6 Å². The summed E-state index contributed by atoms with van der Waals surface area (Å²) in [6.07, 6.45) is -0.872. The summed E-state index contributed by atoms with van der Waals surface area (Å²) in [4.78, 5) is 16.8. The van der Waals surface area contributed by atoms with Gasteiger partial charge >= 0.3 is 0 Å². The Morgan fingerprint density at radius 3 is 2.59 bits per heavy atom. The maximum Gasteiger partial charge on any atom is 0.204 e. The van der Waals surface area contributed by atoms with E-state index in [2.05, 4.69) is 10.2 Å². The lowest BCUT2D eigenvalue weighted by molar-refractivity contribution is 0.0356. The Hall–Kier alpha value is -1.49. The molecule has 0 spiro atoms. The van der Waals surface area contributed by atoms with E-state index in [-0.39, 0.29) is 5.43 Å². The number of morpholine rings is 2. The molecule has 1 atom stereocenters. The number of fused-ring (bicyclic) bond motifs is 1. The quantitative estimate of drug-likeness (QED) is 0.688. The number of aliphatic hydroxyl groups is 1. The molecule has 2 saturated heterocycles. The monoisotopic (exact) mass is 395 g/mol. The van der Waals surface area contributed by atoms with Gasteiger partial charge in [-0.1, -0.05) is 0 Å². The molecule has 2 fully saturated rings. The van der Waals surface area contributed by atoms with Crippen LogP contribution in [0.2, 0.25) is 0 Å². The molecule has 9 heteroatoms. The van der Waals surface area contributed by atoms with E-state index in [1.165, 1.54) is 17.4 Å². The molecule has 0 radical (unpaired) electrons. The lowest BCUT2D eigenvalue weighted by Gasteiger charge is -2.27. The van der Waals surface area contributed by atoms with Gasteiger partial charge in [0.05, 0.1) is 26.4 Å². The minimum atomic E-state index is -0.872. The summed E-state index contributed by atoms with van der Waals surface area (Å²) in [5.41, 5.74) is 1.01. The Morgan fingerprint density at radius 2 is 1.85 bits per heavy atom. The van der Waals surface area contributed by atoms with E-state index < -0.39 is 6.23 Å². The van der Waals surface area contributed by atoms with Crippen LogP contribution in [0.4, 0.5) is 5.88 Å². The van der Waals surface area contributed by atoms with Crippen molar-refractivity contribution in [3.63, 3.8) is 0 Å². The Labute approximate surface area is 161 Å². The van der Waals surface area contributed by atoms with Gasteiger partial charge < -0.3 is 23.9 Å². The fraction of sp³-hybridized carbons (Fsp3) is 0.611. The minimum Gasteiger partial charge on any atom is -0.439 e. The highest BCUT2D eigenvalue weighted by molar-refractivity contribution is 7.17. The first-order valence-corrected chi connectivity index (χ1v) is 10.2. The maximum absolute atomic E-state index is 12.5. The van der Waals surface area contributed by atoms with Crippen molar-refractivity contribution in [2.75, 3.05) is 70.6 Å². The smallest absolute Gasteiger partial charge is 0.204 e. The summed E-state index contributed by atoms with van der Waals surface area (Å²) in [5, 5.41) is 15.5. The van der Waals surface area contributed by atoms with Gasteiger partial charge in [0, 0.05) is 56.3 Å². The zero-order chi connectivity index (χ0) is 18.6. The third kappa shape index (κ3) is 4.34. The van der Waals surface area contributed by atoms with Crippen molar-refractivity contribution in [1.82, 2.24) is 10.2 Å². The number of thiophene rings is 1. The molecule has 0 saturated carbocycles. The Balaban J connectivity index is 1.47. The number of aliphatic hydroxyl groups excluding tert-OH is 1. The second-order valence-electron chi connectivity index (χ2n) is 6.71. The van der Waals surface area contributed by atoms with E-state index in [0.29, 0.717) is 54.6 Å². The van der Waals surface area contributed by atoms with Gasteiger partial charge in [0.1, 0.15) is 10.9 Å². The van der Waals surface area contributed by atoms with Crippen molar-refractivity contribution in [3.05, 3.63) is 27.2 Å². The first kappa shape index (κ1) is 18.9. The first-order valence-electron chi connectivity index (χ1n) is 9.32. The third-order valence-electron chi connectivity index (χ3n) is 4.94. The lowest BCUT2D eigenvalue weighted by Crippen LogP contribution is -2.40. The van der Waals surface area contributed by atoms with E-state index in [9.17, 15) is 9.90 Å². The van der Waals surface area contributed by atoms with Crippen molar-refractivity contribution in [2.45, 2.75) is 6.23 Å². The molecule has 2 N–H and O–H groups in total. The molecule has 8 nitrogen and oxygen atoms in total. The van der Waals surface area contributed by atoms with Crippen LogP contribution in [0.25, 0.3) is 10.3 Å². The largest absolute Gasteiger partial charge is 0.439 e. The summed E-state index contributed by atoms with van der Waals surface area (Å²) in [5.74, 6) is 0.538. The Kier molecular flexibility index (Phi) is 6.06. The van der Waals surface area contributed by atoms with Crippen molar-refractivity contribution in [2.24, 2.45) is 0 Å². The van der Waals surface area contributed by atoms with Gasteiger partial charge in [-0.25, -0.2) is 0 Å². The van der Waals surface area contributed by atoms with E-state index >= 15 is 0 Å². The van der Waals surface area contributed by atoms with Crippen LogP contribution in [-0.4, -0.2) is 75.7 Å². The predicted molar refractivity (Wildman–Crippen MR) is 104 cm³/mol. The van der Waals surface area contributed by atoms with Crippen LogP contribution in [0, 0.1) is 0 Å². The highest BCUT2D eigenvalue weighted by Gasteiger charge is 2.21. The number of hydrogen-bond donors (Lipinski definition) is 2. The van der Waals surface area contributed by atoms with Gasteiger partial charge in [-0.15, -0.1) is 11.3 Å². The van der Waals surface area contributed by atoms with Crippen LogP contribution in [0.3, 0.4) is 0 Å². The molecule has 27 heavy (non-hydrogen) atoms. The number of ether oxygens (including phenoxy) is 2. The van der Waals surface area contributed by atoms with Crippen molar-refractivity contribution >= 4 is 27.5 Å². The zero-order valence-corrected chi connectivity index (χ0v) is 16.0. The normalized spacial score (nSPS) is 20.3. The molecule has 0 aromatic carbocycles. The van der Waals surface area contributed by atoms with Crippen LogP contribution in [0.1, 0.15) is 11.8 Å². The molecule has 0 amide bonds. The van der Waals surface area contributed by atoms with E-state index in [1.54, 1.807) is 5.38 Å². The lowest BCUT2D eigenvalue weighted by atomic mass is 10.2. The number of rotatable bonds is 6. The van der Waals surface area contributed by atoms with Crippen molar-refractivity contribution in [3.8, 4) is 0 Å². The number of anilines is 1. The van der Waals surface area contributed by atoms with Gasteiger partial charge in [0.2, 0.25) is 5.43 Å². The summed E-state index contributed by atoms with van der Waals surface area (Å²) >= 11 is 1.31. The van der Waals surface area contributed by atoms with Crippen LogP contribution >= 0.6 is 11.3 Å². The summed E-state index contributed by atoms with van der Waals surface area (Å²) in [6, 6.07) is 1.53. The standard InChI is InChI=1S/C18H25N3O5S/c22-14-11-15(21-5-9-25-10-6-21)26-16-13(12-27-17(14)16)18(23)19-1-2-20-3-7-24-8-4-20/h11-12,18-19,23H,1-10H2. The van der Waals surface area contributed by atoms with Crippen molar-refractivity contribution < 1.29 is 19.0 Å². The average molecular weight is 395 g/mol. The molecule has 2 aromatic heterocycles. The first-order chi connectivity index (χ1) is 13.2. The molecular formula is C18H25N3O5S. The SMILES string of the molecule is O=c1cc(N2CCOCC2)oc2c(C(O)NCCN3CCOCC3)csc12. The molecule has 0 bridgehead atoms. The molecule has 4 rings (SSSR count). The number of nitrogens with zero attached hydrogens (tertiary/aromatic N) is 2. The molecular weight excluding hydrogens is 370 g/mol. The highest BCUT2D eigenvalue weighted by atomic mass is 32.1. The maximum atomic E-state index is 12.5. The minimum absolute atomic E-state index is 0.0745. The predicted octanol–water partition coefficient (Wildman–Crippen LogP) is 0.604. The molecule has 148 valence electrons. The topological polar surface area (TPSA) is 87.4 Å². The van der Waals surface area contributed by atoms with Crippen molar-refractivity contribution in [1.29, 1.82) is 0 Å². The second kappa shape index (κ2) is 8.68. The Bertz CT molecular complexity index is 811. The summed E-state index contributed by atoms with van der Waals surface area (Å²) < 4.78 is 17.3. The third-order valence-corrected chi connectivity index (χ3v) is 5.94. The zero-order valence-electron chi connectivity index (χ0n) is 15.2. The van der Waals surface area contributed by atoms with Crippen LogP contribution in [0.5, 0.6) is 0 Å². The van der Waals surface area contributed by atoms with Gasteiger partial charge in [-0.2, -0.15) is 0 Å². The Morgan fingerprint density at radius 1 is 1.15 bits per heavy atom. The molecule has 2 aromatic rings. The molecule has 0 aliphatic carbocycles. The van der Waals surface area contributed by atoms with Gasteiger partial charge in [0.15, 0.2) is 11.5 Å². The van der Waals surface area contributed by atoms with Crippen LogP contribution in [0.15, 0.2) is 20.7 Å². The van der Waals surface area contributed by atoms with E-state index in [1.807, 2.05) is 4.90 Å². The number of hydrogen-bond acceptors (Lipinski definition) is 9. The summed E-state index contributed by atoms with van der Waals surface area (Å²) in [7, 11) is 0. The summed E-state index contributed by atoms with van der Waals surface area (Å²) in [6.45, 7) is 7.43. The molecule has 1 unspecified atom stereocenters. The fourth-order valence-electron chi connectivity index (χ4n) is 3.37. The molecule has 4 heterocycles. The number of nitrogens with one attached hydrogen (secondary N) is 1. The highest BCUT2D eigenvalue weighted by Crippen LogP contribution is 2.30. The molecule has 2 aliphatic rings. The molecule has 2 aliphatic heterocycles. The van der Waals surface area contributed by atoms with Gasteiger partial charge in [0.25, 0.3) is 0 Å². The average Bonchev–Trinajstić information content (AvgIpc) is 3.14. The van der Waals surface area contributed by atoms with Crippen LogP contribution in [-0.2, 0) is 9.47 Å². The van der Waals surface area contributed by atoms with E-state index in [4.69, 9.17) is 13.9 Å². The van der Waals surface area contributed by atoms with E-state index in [0.717, 1.165) is 32.8 Å².